The number of hydrogen-bond acceptors (Lipinski definition) is 2. The Labute approximate surface area is 119 Å². The standard InChI is InChI=1S/C16H21NO3/c1-4-17(13(3)11-16(19)20)15(18)9-8-14-7-5-6-12(2)10-14/h5-10,13H,4,11H2,1-3H3,(H,19,20). The molecule has 0 bridgehead atoms. The molecule has 4 heteroatoms. The quantitative estimate of drug-likeness (QED) is 0.812. The van der Waals surface area contributed by atoms with Gasteiger partial charge in [-0.15, -0.1) is 0 Å². The van der Waals surface area contributed by atoms with Gasteiger partial charge in [0.05, 0.1) is 6.42 Å². The van der Waals surface area contributed by atoms with E-state index in [0.717, 1.165) is 11.1 Å². The molecule has 0 saturated heterocycles. The minimum absolute atomic E-state index is 0.0438. The summed E-state index contributed by atoms with van der Waals surface area (Å²) < 4.78 is 0. The molecule has 0 fully saturated rings. The van der Waals surface area contributed by atoms with E-state index in [1.165, 1.54) is 6.08 Å². The fourth-order valence-corrected chi connectivity index (χ4v) is 2.08. The molecule has 1 aromatic rings. The number of likely N-dealkylation sites (N-methyl/N-ethyl adjacent to an activating group) is 1. The molecule has 1 N–H and O–H groups in total. The van der Waals surface area contributed by atoms with Gasteiger partial charge in [0.25, 0.3) is 0 Å². The molecule has 1 atom stereocenters. The number of rotatable bonds is 6. The zero-order chi connectivity index (χ0) is 15.1. The fourth-order valence-electron chi connectivity index (χ4n) is 2.08. The Kier molecular flexibility index (Phi) is 5.97. The van der Waals surface area contributed by atoms with Crippen LogP contribution >= 0.6 is 0 Å². The van der Waals surface area contributed by atoms with Crippen LogP contribution in [0.1, 0.15) is 31.4 Å². The maximum Gasteiger partial charge on any atom is 0.305 e. The molecule has 0 aliphatic rings. The van der Waals surface area contributed by atoms with Crippen molar-refractivity contribution >= 4 is 18.0 Å². The first-order chi connectivity index (χ1) is 9.43. The summed E-state index contributed by atoms with van der Waals surface area (Å²) in [5, 5.41) is 8.79. The lowest BCUT2D eigenvalue weighted by Crippen LogP contribution is -2.38. The molecule has 1 aromatic carbocycles. The summed E-state index contributed by atoms with van der Waals surface area (Å²) in [6.45, 7) is 6.07. The van der Waals surface area contributed by atoms with Gasteiger partial charge in [-0.05, 0) is 32.4 Å². The Hall–Kier alpha value is -2.10. The maximum atomic E-state index is 12.1. The number of carbonyl (C=O) groups is 2. The first-order valence-electron chi connectivity index (χ1n) is 6.71. The van der Waals surface area contributed by atoms with E-state index in [1.54, 1.807) is 17.9 Å². The lowest BCUT2D eigenvalue weighted by molar-refractivity contribution is -0.139. The van der Waals surface area contributed by atoms with Crippen molar-refractivity contribution in [3.63, 3.8) is 0 Å². The van der Waals surface area contributed by atoms with Crippen LogP contribution in [0.5, 0.6) is 0 Å². The van der Waals surface area contributed by atoms with Crippen molar-refractivity contribution in [1.29, 1.82) is 0 Å². The molecule has 1 unspecified atom stereocenters. The summed E-state index contributed by atoms with van der Waals surface area (Å²) in [6, 6.07) is 7.53. The molecular formula is C16H21NO3. The Balaban J connectivity index is 2.74. The minimum Gasteiger partial charge on any atom is -0.481 e. The van der Waals surface area contributed by atoms with Crippen molar-refractivity contribution in [2.75, 3.05) is 6.54 Å². The molecule has 0 aromatic heterocycles. The predicted octanol–water partition coefficient (Wildman–Crippen LogP) is 2.72. The van der Waals surface area contributed by atoms with Gasteiger partial charge in [0.15, 0.2) is 0 Å². The lowest BCUT2D eigenvalue weighted by Gasteiger charge is -2.25. The van der Waals surface area contributed by atoms with Crippen LogP contribution in [0, 0.1) is 6.92 Å². The molecular weight excluding hydrogens is 254 g/mol. The van der Waals surface area contributed by atoms with Crippen molar-refractivity contribution in [2.45, 2.75) is 33.2 Å². The first-order valence-corrected chi connectivity index (χ1v) is 6.71. The molecule has 108 valence electrons. The zero-order valence-electron chi connectivity index (χ0n) is 12.2. The van der Waals surface area contributed by atoms with Crippen LogP contribution in [0.4, 0.5) is 0 Å². The molecule has 0 saturated carbocycles. The van der Waals surface area contributed by atoms with Crippen molar-refractivity contribution in [1.82, 2.24) is 4.90 Å². The van der Waals surface area contributed by atoms with Gasteiger partial charge < -0.3 is 10.0 Å². The summed E-state index contributed by atoms with van der Waals surface area (Å²) in [5.41, 5.74) is 2.09. The van der Waals surface area contributed by atoms with Crippen LogP contribution in [0.25, 0.3) is 6.08 Å². The van der Waals surface area contributed by atoms with Gasteiger partial charge in [-0.25, -0.2) is 0 Å². The second-order valence-corrected chi connectivity index (χ2v) is 4.82. The molecule has 0 spiro atoms. The van der Waals surface area contributed by atoms with Gasteiger partial charge >= 0.3 is 5.97 Å². The van der Waals surface area contributed by atoms with E-state index in [2.05, 4.69) is 0 Å². The van der Waals surface area contributed by atoms with E-state index in [9.17, 15) is 9.59 Å². The fraction of sp³-hybridized carbons (Fsp3) is 0.375. The average Bonchev–Trinajstić information content (AvgIpc) is 2.36. The van der Waals surface area contributed by atoms with E-state index in [1.807, 2.05) is 38.1 Å². The van der Waals surface area contributed by atoms with Gasteiger partial charge in [-0.1, -0.05) is 29.8 Å². The van der Waals surface area contributed by atoms with Gasteiger partial charge in [0.2, 0.25) is 5.91 Å². The van der Waals surface area contributed by atoms with Crippen LogP contribution in [0.2, 0.25) is 0 Å². The third-order valence-corrected chi connectivity index (χ3v) is 3.09. The summed E-state index contributed by atoms with van der Waals surface area (Å²) in [6.07, 6.45) is 3.21. The third-order valence-electron chi connectivity index (χ3n) is 3.09. The topological polar surface area (TPSA) is 57.6 Å². The summed E-state index contributed by atoms with van der Waals surface area (Å²) in [7, 11) is 0. The summed E-state index contributed by atoms with van der Waals surface area (Å²) in [4.78, 5) is 24.4. The number of aliphatic carboxylic acids is 1. The van der Waals surface area contributed by atoms with Crippen LogP contribution in [0.3, 0.4) is 0 Å². The maximum absolute atomic E-state index is 12.1. The Morgan fingerprint density at radius 1 is 1.40 bits per heavy atom. The smallest absolute Gasteiger partial charge is 0.305 e. The van der Waals surface area contributed by atoms with Crippen LogP contribution in [0.15, 0.2) is 30.3 Å². The van der Waals surface area contributed by atoms with Crippen molar-refractivity contribution in [3.8, 4) is 0 Å². The van der Waals surface area contributed by atoms with Gasteiger partial charge in [0.1, 0.15) is 0 Å². The zero-order valence-corrected chi connectivity index (χ0v) is 12.2. The van der Waals surface area contributed by atoms with E-state index < -0.39 is 5.97 Å². The first kappa shape index (κ1) is 16.0. The highest BCUT2D eigenvalue weighted by atomic mass is 16.4. The van der Waals surface area contributed by atoms with Gasteiger partial charge in [0, 0.05) is 18.7 Å². The number of amides is 1. The van der Waals surface area contributed by atoms with E-state index in [-0.39, 0.29) is 18.4 Å². The molecule has 0 aliphatic heterocycles. The van der Waals surface area contributed by atoms with Crippen molar-refractivity contribution < 1.29 is 14.7 Å². The Morgan fingerprint density at radius 3 is 2.65 bits per heavy atom. The molecule has 4 nitrogen and oxygen atoms in total. The normalized spacial score (nSPS) is 12.3. The number of carbonyl (C=O) groups excluding carboxylic acids is 1. The highest BCUT2D eigenvalue weighted by Gasteiger charge is 2.18. The largest absolute Gasteiger partial charge is 0.481 e. The Bertz CT molecular complexity index is 508. The summed E-state index contributed by atoms with van der Waals surface area (Å²) in [5.74, 6) is -1.06. The SMILES string of the molecule is CCN(C(=O)C=Cc1cccc(C)c1)C(C)CC(=O)O. The van der Waals surface area contributed by atoms with E-state index in [4.69, 9.17) is 5.11 Å². The molecule has 1 amide bonds. The Morgan fingerprint density at radius 2 is 2.10 bits per heavy atom. The second-order valence-electron chi connectivity index (χ2n) is 4.82. The number of hydrogen-bond donors (Lipinski definition) is 1. The molecule has 1 rings (SSSR count). The highest BCUT2D eigenvalue weighted by molar-refractivity contribution is 5.92. The molecule has 0 aliphatic carbocycles. The van der Waals surface area contributed by atoms with Crippen LogP contribution in [-0.4, -0.2) is 34.5 Å². The average molecular weight is 275 g/mol. The second kappa shape index (κ2) is 7.48. The van der Waals surface area contributed by atoms with E-state index >= 15 is 0 Å². The number of benzene rings is 1. The van der Waals surface area contributed by atoms with Gasteiger partial charge in [-0.2, -0.15) is 0 Å². The molecule has 20 heavy (non-hydrogen) atoms. The molecule has 0 radical (unpaired) electrons. The summed E-state index contributed by atoms with van der Waals surface area (Å²) >= 11 is 0. The molecule has 0 heterocycles. The van der Waals surface area contributed by atoms with Crippen LogP contribution < -0.4 is 0 Å². The van der Waals surface area contributed by atoms with Gasteiger partial charge in [-0.3, -0.25) is 9.59 Å². The number of nitrogens with zero attached hydrogens (tertiary/aromatic N) is 1. The highest BCUT2D eigenvalue weighted by Crippen LogP contribution is 2.09. The number of carboxylic acid groups (broad SMARTS) is 1. The lowest BCUT2D eigenvalue weighted by atomic mass is 10.1. The van der Waals surface area contributed by atoms with Crippen molar-refractivity contribution in [3.05, 3.63) is 41.5 Å². The monoisotopic (exact) mass is 275 g/mol. The number of aryl methyl sites for hydroxylation is 1. The third kappa shape index (κ3) is 4.88. The van der Waals surface area contributed by atoms with Crippen LogP contribution in [-0.2, 0) is 9.59 Å². The predicted molar refractivity (Wildman–Crippen MR) is 79.3 cm³/mol. The minimum atomic E-state index is -0.897. The number of carboxylic acids is 1. The van der Waals surface area contributed by atoms with E-state index in [0.29, 0.717) is 6.54 Å². The van der Waals surface area contributed by atoms with Crippen molar-refractivity contribution in [2.24, 2.45) is 0 Å².